The number of aliphatic hydroxyl groups is 2. The van der Waals surface area contributed by atoms with E-state index in [0.717, 1.165) is 63.9 Å². The molecule has 0 amide bonds. The molecule has 1 heterocycles. The SMILES string of the molecule is OCCN(CCO)C1CCC(=NN=C2CCN(CCS)CC2)CC1. The third-order valence-electron chi connectivity index (χ3n) is 5.01. The highest BCUT2D eigenvalue weighted by atomic mass is 32.1. The van der Waals surface area contributed by atoms with Crippen molar-refractivity contribution in [1.29, 1.82) is 0 Å². The maximum Gasteiger partial charge on any atom is 0.0558 e. The van der Waals surface area contributed by atoms with Crippen LogP contribution in [0.5, 0.6) is 0 Å². The molecule has 0 atom stereocenters. The summed E-state index contributed by atoms with van der Waals surface area (Å²) in [6.45, 7) is 4.79. The van der Waals surface area contributed by atoms with Crippen LogP contribution < -0.4 is 0 Å². The summed E-state index contributed by atoms with van der Waals surface area (Å²) in [4.78, 5) is 4.63. The van der Waals surface area contributed by atoms with Crippen LogP contribution in [0.25, 0.3) is 0 Å². The second-order valence-electron chi connectivity index (χ2n) is 6.61. The lowest BCUT2D eigenvalue weighted by atomic mass is 9.92. The molecule has 1 aliphatic carbocycles. The molecule has 0 unspecified atom stereocenters. The Kier molecular flexibility index (Phi) is 9.27. The predicted octanol–water partition coefficient (Wildman–Crippen LogP) is 1.04. The van der Waals surface area contributed by atoms with Crippen molar-refractivity contribution < 1.29 is 10.2 Å². The summed E-state index contributed by atoms with van der Waals surface area (Å²) in [5.41, 5.74) is 2.42. The zero-order valence-electron chi connectivity index (χ0n) is 14.6. The van der Waals surface area contributed by atoms with Crippen LogP contribution in [0.4, 0.5) is 0 Å². The molecule has 1 saturated carbocycles. The summed E-state index contributed by atoms with van der Waals surface area (Å²) in [7, 11) is 0. The van der Waals surface area contributed by atoms with E-state index in [1.165, 1.54) is 11.4 Å². The van der Waals surface area contributed by atoms with Crippen LogP contribution in [0.2, 0.25) is 0 Å². The number of thiol groups is 1. The van der Waals surface area contributed by atoms with Gasteiger partial charge < -0.3 is 15.1 Å². The first-order chi connectivity index (χ1) is 11.8. The Hall–Kier alpha value is -0.470. The maximum atomic E-state index is 9.15. The van der Waals surface area contributed by atoms with E-state index in [1.54, 1.807) is 0 Å². The van der Waals surface area contributed by atoms with Crippen LogP contribution in [0.15, 0.2) is 10.2 Å². The molecule has 0 radical (unpaired) electrons. The zero-order chi connectivity index (χ0) is 17.2. The molecular weight excluding hydrogens is 324 g/mol. The summed E-state index contributed by atoms with van der Waals surface area (Å²) in [6, 6.07) is 0.445. The molecule has 1 saturated heterocycles. The van der Waals surface area contributed by atoms with E-state index >= 15 is 0 Å². The minimum atomic E-state index is 0.148. The Morgan fingerprint density at radius 1 is 0.958 bits per heavy atom. The van der Waals surface area contributed by atoms with Gasteiger partial charge in [-0.15, -0.1) is 0 Å². The van der Waals surface area contributed by atoms with Gasteiger partial charge >= 0.3 is 0 Å². The first-order valence-corrected chi connectivity index (χ1v) is 9.80. The minimum absolute atomic E-state index is 0.148. The van der Waals surface area contributed by atoms with Gasteiger partial charge in [-0.25, -0.2) is 0 Å². The molecule has 6 nitrogen and oxygen atoms in total. The number of piperidine rings is 1. The Morgan fingerprint density at radius 2 is 1.50 bits per heavy atom. The lowest BCUT2D eigenvalue weighted by Gasteiger charge is -2.33. The van der Waals surface area contributed by atoms with E-state index < -0.39 is 0 Å². The van der Waals surface area contributed by atoms with E-state index in [2.05, 4.69) is 32.6 Å². The molecule has 138 valence electrons. The van der Waals surface area contributed by atoms with Gasteiger partial charge in [-0.3, -0.25) is 4.90 Å². The molecule has 0 aromatic carbocycles. The molecule has 0 bridgehead atoms. The molecule has 2 fully saturated rings. The van der Waals surface area contributed by atoms with Crippen molar-refractivity contribution in [2.45, 2.75) is 44.6 Å². The van der Waals surface area contributed by atoms with Crippen LogP contribution in [-0.2, 0) is 0 Å². The zero-order valence-corrected chi connectivity index (χ0v) is 15.5. The number of likely N-dealkylation sites (tertiary alicyclic amines) is 1. The highest BCUT2D eigenvalue weighted by molar-refractivity contribution is 7.80. The van der Waals surface area contributed by atoms with Gasteiger partial charge in [0.15, 0.2) is 0 Å². The number of nitrogens with zero attached hydrogens (tertiary/aromatic N) is 4. The third kappa shape index (κ3) is 6.44. The van der Waals surface area contributed by atoms with Gasteiger partial charge in [-0.2, -0.15) is 22.8 Å². The lowest BCUT2D eigenvalue weighted by Crippen LogP contribution is -2.41. The molecule has 7 heteroatoms. The monoisotopic (exact) mass is 356 g/mol. The fourth-order valence-corrected chi connectivity index (χ4v) is 3.84. The molecule has 2 aliphatic rings. The molecule has 2 N–H and O–H groups in total. The lowest BCUT2D eigenvalue weighted by molar-refractivity contribution is 0.111. The Bertz CT molecular complexity index is 405. The fourth-order valence-electron chi connectivity index (χ4n) is 3.55. The van der Waals surface area contributed by atoms with Gasteiger partial charge in [0, 0.05) is 68.8 Å². The number of hydrogen-bond donors (Lipinski definition) is 3. The quantitative estimate of drug-likeness (QED) is 0.449. The second-order valence-corrected chi connectivity index (χ2v) is 7.06. The summed E-state index contributed by atoms with van der Waals surface area (Å²) >= 11 is 4.29. The summed E-state index contributed by atoms with van der Waals surface area (Å²) in [6.07, 6.45) is 6.07. The number of aliphatic hydroxyl groups excluding tert-OH is 2. The van der Waals surface area contributed by atoms with Gasteiger partial charge in [-0.05, 0) is 25.7 Å². The molecule has 0 aromatic heterocycles. The van der Waals surface area contributed by atoms with Gasteiger partial charge in [0.1, 0.15) is 0 Å². The standard InChI is InChI=1S/C17H32N4O2S/c22-12-9-21(10-13-23)17-3-1-15(2-4-17)18-19-16-5-7-20(8-6-16)11-14-24/h17,22-24H,1-14H2. The molecule has 0 aromatic rings. The highest BCUT2D eigenvalue weighted by Crippen LogP contribution is 2.21. The van der Waals surface area contributed by atoms with Crippen LogP contribution in [-0.4, -0.2) is 89.2 Å². The van der Waals surface area contributed by atoms with E-state index in [9.17, 15) is 0 Å². The Balaban J connectivity index is 1.77. The molecule has 1 aliphatic heterocycles. The van der Waals surface area contributed by atoms with E-state index in [-0.39, 0.29) is 13.2 Å². The van der Waals surface area contributed by atoms with Crippen molar-refractivity contribution in [3.63, 3.8) is 0 Å². The van der Waals surface area contributed by atoms with Crippen molar-refractivity contribution in [3.05, 3.63) is 0 Å². The summed E-state index contributed by atoms with van der Waals surface area (Å²) in [5, 5.41) is 27.3. The van der Waals surface area contributed by atoms with Crippen LogP contribution in [0, 0.1) is 0 Å². The largest absolute Gasteiger partial charge is 0.395 e. The van der Waals surface area contributed by atoms with E-state index in [4.69, 9.17) is 10.2 Å². The highest BCUT2D eigenvalue weighted by Gasteiger charge is 2.23. The van der Waals surface area contributed by atoms with Gasteiger partial charge in [0.05, 0.1) is 13.2 Å². The molecule has 0 spiro atoms. The van der Waals surface area contributed by atoms with Crippen molar-refractivity contribution in [2.24, 2.45) is 10.2 Å². The molecule has 24 heavy (non-hydrogen) atoms. The Labute approximate surface area is 151 Å². The topological polar surface area (TPSA) is 71.7 Å². The minimum Gasteiger partial charge on any atom is -0.395 e. The molecule has 2 rings (SSSR count). The first kappa shape index (κ1) is 19.8. The van der Waals surface area contributed by atoms with Crippen LogP contribution in [0.1, 0.15) is 38.5 Å². The van der Waals surface area contributed by atoms with Crippen LogP contribution >= 0.6 is 12.6 Å². The normalized spacial score (nSPS) is 22.9. The van der Waals surface area contributed by atoms with Crippen LogP contribution in [0.3, 0.4) is 0 Å². The van der Waals surface area contributed by atoms with E-state index in [0.29, 0.717) is 19.1 Å². The van der Waals surface area contributed by atoms with Gasteiger partial charge in [0.2, 0.25) is 0 Å². The van der Waals surface area contributed by atoms with Crippen molar-refractivity contribution in [3.8, 4) is 0 Å². The molecular formula is C17H32N4O2S. The third-order valence-corrected chi connectivity index (χ3v) is 5.21. The second kappa shape index (κ2) is 11.2. The predicted molar refractivity (Wildman–Crippen MR) is 102 cm³/mol. The van der Waals surface area contributed by atoms with Gasteiger partial charge in [0.25, 0.3) is 0 Å². The van der Waals surface area contributed by atoms with E-state index in [1.807, 2.05) is 0 Å². The van der Waals surface area contributed by atoms with Crippen molar-refractivity contribution >= 4 is 24.1 Å². The average Bonchev–Trinajstić information content (AvgIpc) is 2.62. The smallest absolute Gasteiger partial charge is 0.0558 e. The maximum absolute atomic E-state index is 9.15. The fraction of sp³-hybridized carbons (Fsp3) is 0.882. The summed E-state index contributed by atoms with van der Waals surface area (Å²) < 4.78 is 0. The average molecular weight is 357 g/mol. The van der Waals surface area contributed by atoms with Crippen molar-refractivity contribution in [2.75, 3.05) is 51.7 Å². The van der Waals surface area contributed by atoms with Crippen molar-refractivity contribution in [1.82, 2.24) is 9.80 Å². The summed E-state index contributed by atoms with van der Waals surface area (Å²) in [5.74, 6) is 0.916. The Morgan fingerprint density at radius 3 is 2.00 bits per heavy atom. The number of hydrogen-bond acceptors (Lipinski definition) is 7. The van der Waals surface area contributed by atoms with Gasteiger partial charge in [-0.1, -0.05) is 0 Å². The number of rotatable bonds is 8. The first-order valence-electron chi connectivity index (χ1n) is 9.17.